The summed E-state index contributed by atoms with van der Waals surface area (Å²) in [5.41, 5.74) is 2.43. The van der Waals surface area contributed by atoms with Crippen molar-refractivity contribution < 1.29 is 0 Å². The summed E-state index contributed by atoms with van der Waals surface area (Å²) >= 11 is 0. The summed E-state index contributed by atoms with van der Waals surface area (Å²) in [5, 5.41) is 0. The molecule has 0 aromatic heterocycles. The van der Waals surface area contributed by atoms with Crippen LogP contribution < -0.4 is 0 Å². The Bertz CT molecular complexity index is 909. The Morgan fingerprint density at radius 3 is 1.52 bits per heavy atom. The summed E-state index contributed by atoms with van der Waals surface area (Å²) in [6.45, 7) is 32.9. The molecule has 2 bridgehead atoms. The molecule has 4 atom stereocenters. The SMILES string of the molecule is C.CN(C)C1CC2CC1CN2C(C)(C)C.CN1CCC2(CC1)CCN(C(C)(C)C)CC2.CN1CCCC2(CCN(C(C)(C)C)C2)C1. The lowest BCUT2D eigenvalue weighted by molar-refractivity contribution is 0.00814. The summed E-state index contributed by atoms with van der Waals surface area (Å²) in [6.07, 6.45) is 12.8. The molecule has 6 rings (SSSR count). The number of nitrogens with zero attached hydrogens (tertiary/aromatic N) is 6. The van der Waals surface area contributed by atoms with Crippen LogP contribution in [-0.2, 0) is 0 Å². The van der Waals surface area contributed by atoms with E-state index in [1.807, 2.05) is 0 Å². The van der Waals surface area contributed by atoms with Crippen molar-refractivity contribution in [1.82, 2.24) is 29.4 Å². The number of fused-ring (bicyclic) bond motifs is 2. The summed E-state index contributed by atoms with van der Waals surface area (Å²) in [7, 11) is 9.00. The van der Waals surface area contributed by atoms with Crippen molar-refractivity contribution in [3.63, 3.8) is 0 Å². The van der Waals surface area contributed by atoms with Crippen molar-refractivity contribution in [2.45, 2.75) is 156 Å². The van der Waals surface area contributed by atoms with E-state index >= 15 is 0 Å². The maximum Gasteiger partial charge on any atom is 0.0145 e. The fourth-order valence-electron chi connectivity index (χ4n) is 9.92. The van der Waals surface area contributed by atoms with Gasteiger partial charge in [0.1, 0.15) is 0 Å². The molecule has 2 spiro atoms. The lowest BCUT2D eigenvalue weighted by atomic mass is 9.71. The molecule has 5 heterocycles. The van der Waals surface area contributed by atoms with Crippen LogP contribution in [0.15, 0.2) is 0 Å². The second kappa shape index (κ2) is 15.3. The largest absolute Gasteiger partial charge is 0.306 e. The second-order valence-electron chi connectivity index (χ2n) is 19.9. The molecule has 0 radical (unpaired) electrons. The molecule has 1 saturated carbocycles. The molecule has 0 N–H and O–H groups in total. The average Bonchev–Trinajstić information content (AvgIpc) is 3.66. The highest BCUT2D eigenvalue weighted by Gasteiger charge is 2.48. The highest BCUT2D eigenvalue weighted by atomic mass is 15.3. The molecule has 0 amide bonds. The van der Waals surface area contributed by atoms with Crippen LogP contribution >= 0.6 is 0 Å². The van der Waals surface area contributed by atoms with Gasteiger partial charge in [-0.15, -0.1) is 0 Å². The smallest absolute Gasteiger partial charge is 0.0145 e. The van der Waals surface area contributed by atoms with Crippen LogP contribution in [0.1, 0.15) is 128 Å². The van der Waals surface area contributed by atoms with Crippen molar-refractivity contribution in [2.75, 3.05) is 87.1 Å². The molecule has 5 saturated heterocycles. The van der Waals surface area contributed by atoms with Gasteiger partial charge in [-0.3, -0.25) is 14.7 Å². The lowest BCUT2D eigenvalue weighted by Gasteiger charge is -2.49. The first-order valence-corrected chi connectivity index (χ1v) is 19.0. The number of piperidine rings is 4. The summed E-state index contributed by atoms with van der Waals surface area (Å²) in [5.74, 6) is 0.925. The zero-order valence-corrected chi connectivity index (χ0v) is 32.6. The monoisotopic (exact) mass is 647 g/mol. The second-order valence-corrected chi connectivity index (χ2v) is 19.9. The first-order valence-electron chi connectivity index (χ1n) is 19.0. The summed E-state index contributed by atoms with van der Waals surface area (Å²) in [6, 6.07) is 1.70. The van der Waals surface area contributed by atoms with Gasteiger partial charge in [-0.05, 0) is 204 Å². The summed E-state index contributed by atoms with van der Waals surface area (Å²) in [4.78, 5) is 15.5. The Kier molecular flexibility index (Phi) is 13.4. The Hall–Kier alpha value is -0.240. The van der Waals surface area contributed by atoms with Gasteiger partial charge < -0.3 is 14.7 Å². The van der Waals surface area contributed by atoms with E-state index in [-0.39, 0.29) is 7.43 Å². The third-order valence-electron chi connectivity index (χ3n) is 13.1. The molecule has 6 fully saturated rings. The number of hydrogen-bond acceptors (Lipinski definition) is 6. The van der Waals surface area contributed by atoms with E-state index in [2.05, 4.69) is 120 Å². The molecule has 4 unspecified atom stereocenters. The molecule has 272 valence electrons. The molecule has 46 heavy (non-hydrogen) atoms. The van der Waals surface area contributed by atoms with Crippen LogP contribution in [0.2, 0.25) is 0 Å². The van der Waals surface area contributed by atoms with E-state index in [0.717, 1.165) is 18.0 Å². The number of rotatable bonds is 1. The molecule has 0 aromatic carbocycles. The predicted octanol–water partition coefficient (Wildman–Crippen LogP) is 7.24. The van der Waals surface area contributed by atoms with Gasteiger partial charge in [-0.1, -0.05) is 7.43 Å². The molecular weight excluding hydrogens is 564 g/mol. The van der Waals surface area contributed by atoms with Crippen LogP contribution in [0.5, 0.6) is 0 Å². The van der Waals surface area contributed by atoms with Crippen molar-refractivity contribution >= 4 is 0 Å². The van der Waals surface area contributed by atoms with Crippen molar-refractivity contribution in [2.24, 2.45) is 16.7 Å². The molecule has 1 aliphatic carbocycles. The van der Waals surface area contributed by atoms with Gasteiger partial charge in [0.15, 0.2) is 0 Å². The van der Waals surface area contributed by atoms with Gasteiger partial charge in [-0.25, -0.2) is 0 Å². The van der Waals surface area contributed by atoms with Gasteiger partial charge in [0.25, 0.3) is 0 Å². The first-order chi connectivity index (χ1) is 20.7. The van der Waals surface area contributed by atoms with E-state index in [9.17, 15) is 0 Å². The fourth-order valence-corrected chi connectivity index (χ4v) is 9.92. The van der Waals surface area contributed by atoms with Crippen molar-refractivity contribution in [3.8, 4) is 0 Å². The minimum atomic E-state index is 0. The van der Waals surface area contributed by atoms with Crippen LogP contribution in [0.3, 0.4) is 0 Å². The number of hydrogen-bond donors (Lipinski definition) is 0. The Morgan fingerprint density at radius 1 is 0.565 bits per heavy atom. The standard InChI is InChI=1S/C14H28N2.C13H26N2.C12H24N2.CH4/c1-13(2,3)16-11-7-14(8-12-16)5-9-15(4)10-6-14;1-12(2,3)15-9-7-13(11-15)6-5-8-14(4)10-13;1-12(2,3)14-8-9-6-10(14)7-11(9)13(4)5;/h5-12H2,1-4H3;5-11H2,1-4H3;9-11H,6-8H2,1-5H3;1H4. The zero-order valence-electron chi connectivity index (χ0n) is 32.6. The van der Waals surface area contributed by atoms with E-state index in [4.69, 9.17) is 0 Å². The Labute approximate surface area is 289 Å². The highest BCUT2D eigenvalue weighted by Crippen LogP contribution is 2.44. The van der Waals surface area contributed by atoms with Crippen molar-refractivity contribution in [1.29, 1.82) is 0 Å². The first kappa shape index (κ1) is 40.2. The van der Waals surface area contributed by atoms with E-state index < -0.39 is 0 Å². The lowest BCUT2D eigenvalue weighted by Crippen LogP contribution is -2.51. The van der Waals surface area contributed by atoms with Crippen LogP contribution in [-0.4, -0.2) is 145 Å². The minimum absolute atomic E-state index is 0. The third kappa shape index (κ3) is 10.2. The molecule has 6 aliphatic rings. The van der Waals surface area contributed by atoms with E-state index in [0.29, 0.717) is 27.4 Å². The Balaban J connectivity index is 0.000000186. The molecule has 6 nitrogen and oxygen atoms in total. The third-order valence-corrected chi connectivity index (χ3v) is 13.1. The molecule has 5 aliphatic heterocycles. The highest BCUT2D eigenvalue weighted by molar-refractivity contribution is 5.04. The van der Waals surface area contributed by atoms with Gasteiger partial charge >= 0.3 is 0 Å². The zero-order chi connectivity index (χ0) is 33.4. The number of likely N-dealkylation sites (tertiary alicyclic amines) is 5. The van der Waals surface area contributed by atoms with Gasteiger partial charge in [0, 0.05) is 48.3 Å². The van der Waals surface area contributed by atoms with E-state index in [1.165, 1.54) is 117 Å². The molecule has 6 heteroatoms. The molecular formula is C40H82N6. The van der Waals surface area contributed by atoms with Crippen LogP contribution in [0.25, 0.3) is 0 Å². The van der Waals surface area contributed by atoms with Crippen LogP contribution in [0.4, 0.5) is 0 Å². The molecule has 0 aromatic rings. The summed E-state index contributed by atoms with van der Waals surface area (Å²) < 4.78 is 0. The Morgan fingerprint density at radius 2 is 1.09 bits per heavy atom. The van der Waals surface area contributed by atoms with Crippen LogP contribution in [0, 0.1) is 16.7 Å². The van der Waals surface area contributed by atoms with Gasteiger partial charge in [-0.2, -0.15) is 0 Å². The normalized spacial score (nSPS) is 33.1. The topological polar surface area (TPSA) is 19.4 Å². The maximum atomic E-state index is 2.71. The quantitative estimate of drug-likeness (QED) is 0.297. The van der Waals surface area contributed by atoms with Crippen molar-refractivity contribution in [3.05, 3.63) is 0 Å². The predicted molar refractivity (Wildman–Crippen MR) is 202 cm³/mol. The van der Waals surface area contributed by atoms with Gasteiger partial charge in [0.2, 0.25) is 0 Å². The minimum Gasteiger partial charge on any atom is -0.306 e. The van der Waals surface area contributed by atoms with E-state index in [1.54, 1.807) is 0 Å². The fraction of sp³-hybridized carbons (Fsp3) is 1.00. The maximum absolute atomic E-state index is 2.71. The van der Waals surface area contributed by atoms with Gasteiger partial charge in [0.05, 0.1) is 0 Å². The average molecular weight is 647 g/mol.